The second kappa shape index (κ2) is 10.1. The number of carbonyl (C=O) groups excluding carboxylic acids is 1. The van der Waals surface area contributed by atoms with E-state index in [-0.39, 0.29) is 30.4 Å². The maximum atomic E-state index is 13.5. The van der Waals surface area contributed by atoms with Crippen LogP contribution in [0.15, 0.2) is 61.1 Å². The van der Waals surface area contributed by atoms with Gasteiger partial charge in [0.15, 0.2) is 0 Å². The minimum atomic E-state index is -5.00. The Labute approximate surface area is 206 Å². The molecule has 3 aromatic rings. The predicted molar refractivity (Wildman–Crippen MR) is 117 cm³/mol. The molecular formula is C25H20F7N3O2. The lowest BCUT2D eigenvalue weighted by Crippen LogP contribution is -2.31. The van der Waals surface area contributed by atoms with Crippen LogP contribution in [0.3, 0.4) is 0 Å². The van der Waals surface area contributed by atoms with Crippen molar-refractivity contribution in [1.82, 2.24) is 14.9 Å². The summed E-state index contributed by atoms with van der Waals surface area (Å²) in [5.74, 6) is -1.50. The summed E-state index contributed by atoms with van der Waals surface area (Å²) in [5.41, 5.74) is -2.57. The zero-order valence-corrected chi connectivity index (χ0v) is 19.2. The summed E-state index contributed by atoms with van der Waals surface area (Å²) in [5, 5.41) is 0. The molecule has 0 radical (unpaired) electrons. The van der Waals surface area contributed by atoms with Crippen LogP contribution < -0.4 is 0 Å². The van der Waals surface area contributed by atoms with Gasteiger partial charge >= 0.3 is 12.4 Å². The van der Waals surface area contributed by atoms with Gasteiger partial charge in [-0.25, -0.2) is 9.37 Å². The van der Waals surface area contributed by atoms with Crippen molar-refractivity contribution in [2.24, 2.45) is 0 Å². The second-order valence-corrected chi connectivity index (χ2v) is 8.61. The highest BCUT2D eigenvalue weighted by Crippen LogP contribution is 2.39. The number of ether oxygens (including phenoxy) is 1. The van der Waals surface area contributed by atoms with E-state index in [4.69, 9.17) is 4.74 Å². The van der Waals surface area contributed by atoms with E-state index in [1.54, 1.807) is 0 Å². The van der Waals surface area contributed by atoms with E-state index in [2.05, 4.69) is 9.97 Å². The molecule has 1 aliphatic rings. The van der Waals surface area contributed by atoms with E-state index in [0.29, 0.717) is 17.7 Å². The second-order valence-electron chi connectivity index (χ2n) is 8.61. The van der Waals surface area contributed by atoms with Gasteiger partial charge in [0.25, 0.3) is 5.91 Å². The average molecular weight is 527 g/mol. The number of benzene rings is 2. The van der Waals surface area contributed by atoms with Crippen molar-refractivity contribution < 1.29 is 40.3 Å². The fourth-order valence-electron chi connectivity index (χ4n) is 4.23. The summed E-state index contributed by atoms with van der Waals surface area (Å²) in [6, 6.07) is 6.69. The van der Waals surface area contributed by atoms with E-state index in [9.17, 15) is 35.5 Å². The molecule has 4 rings (SSSR count). The molecule has 3 atom stereocenters. The first-order chi connectivity index (χ1) is 17.3. The smallest absolute Gasteiger partial charge is 0.368 e. The third kappa shape index (κ3) is 6.07. The van der Waals surface area contributed by atoms with Gasteiger partial charge in [0.05, 0.1) is 29.5 Å². The summed E-state index contributed by atoms with van der Waals surface area (Å²) >= 11 is 0. The molecule has 0 saturated carbocycles. The van der Waals surface area contributed by atoms with E-state index >= 15 is 0 Å². The topological polar surface area (TPSA) is 55.3 Å². The summed E-state index contributed by atoms with van der Waals surface area (Å²) in [6.07, 6.45) is -8.01. The first-order valence-electron chi connectivity index (χ1n) is 11.1. The molecule has 3 unspecified atom stereocenters. The molecule has 2 heterocycles. The van der Waals surface area contributed by atoms with Gasteiger partial charge in [-0.1, -0.05) is 12.1 Å². The number of halogens is 7. The summed E-state index contributed by atoms with van der Waals surface area (Å²) in [4.78, 5) is 22.2. The van der Waals surface area contributed by atoms with Gasteiger partial charge in [0, 0.05) is 31.4 Å². The van der Waals surface area contributed by atoms with Gasteiger partial charge in [-0.3, -0.25) is 9.78 Å². The molecule has 12 heteroatoms. The maximum absolute atomic E-state index is 13.5. The number of nitrogens with zero attached hydrogens (tertiary/aromatic N) is 3. The lowest BCUT2D eigenvalue weighted by molar-refractivity contribution is -0.143. The Bertz CT molecular complexity index is 1220. The number of likely N-dealkylation sites (tertiary alicyclic amines) is 1. The minimum absolute atomic E-state index is 0.0210. The molecule has 1 aliphatic heterocycles. The third-order valence-electron chi connectivity index (χ3n) is 6.09. The highest BCUT2D eigenvalue weighted by atomic mass is 19.4. The van der Waals surface area contributed by atoms with Crippen LogP contribution in [0.1, 0.15) is 51.7 Å². The van der Waals surface area contributed by atoms with E-state index in [0.717, 1.165) is 0 Å². The molecule has 1 aromatic heterocycles. The molecule has 0 spiro atoms. The maximum Gasteiger partial charge on any atom is 0.416 e. The number of hydrogen-bond donors (Lipinski definition) is 0. The van der Waals surface area contributed by atoms with Crippen LogP contribution in [0, 0.1) is 5.82 Å². The molecular weight excluding hydrogens is 507 g/mol. The van der Waals surface area contributed by atoms with E-state index in [1.807, 2.05) is 0 Å². The Morgan fingerprint density at radius 3 is 2.14 bits per heavy atom. The normalized spacial score (nSPS) is 19.2. The first kappa shape index (κ1) is 26.5. The van der Waals surface area contributed by atoms with Crippen LogP contribution in [0.2, 0.25) is 0 Å². The van der Waals surface area contributed by atoms with Crippen molar-refractivity contribution in [2.45, 2.75) is 37.4 Å². The van der Waals surface area contributed by atoms with E-state index in [1.165, 1.54) is 54.7 Å². The van der Waals surface area contributed by atoms with Crippen molar-refractivity contribution in [2.75, 3.05) is 13.1 Å². The van der Waals surface area contributed by atoms with Crippen LogP contribution in [0.5, 0.6) is 0 Å². The molecule has 37 heavy (non-hydrogen) atoms. The SMILES string of the molecule is CC(OC1CN(C(=O)c2cnccn2)CC1c1ccc(F)cc1)c1cc(C(F)(F)F)cc(C(F)(F)F)c1. The average Bonchev–Trinajstić information content (AvgIpc) is 3.26. The van der Waals surface area contributed by atoms with Gasteiger partial charge in [-0.2, -0.15) is 26.3 Å². The van der Waals surface area contributed by atoms with Gasteiger partial charge in [0.1, 0.15) is 11.5 Å². The van der Waals surface area contributed by atoms with Crippen molar-refractivity contribution in [3.8, 4) is 0 Å². The Balaban J connectivity index is 1.65. The quantitative estimate of drug-likeness (QED) is 0.380. The Morgan fingerprint density at radius 2 is 1.59 bits per heavy atom. The number of carbonyl (C=O) groups is 1. The lowest BCUT2D eigenvalue weighted by Gasteiger charge is -2.25. The molecule has 5 nitrogen and oxygen atoms in total. The zero-order chi connectivity index (χ0) is 27.0. The molecule has 2 aromatic carbocycles. The highest BCUT2D eigenvalue weighted by molar-refractivity contribution is 5.92. The fourth-order valence-corrected chi connectivity index (χ4v) is 4.23. The van der Waals surface area contributed by atoms with Crippen LogP contribution in [0.25, 0.3) is 0 Å². The van der Waals surface area contributed by atoms with Crippen molar-refractivity contribution >= 4 is 5.91 Å². The number of amides is 1. The molecule has 196 valence electrons. The molecule has 0 bridgehead atoms. The molecule has 0 N–H and O–H groups in total. The fraction of sp³-hybridized carbons (Fsp3) is 0.320. The number of alkyl halides is 6. The standard InChI is InChI=1S/C25H20F7N3O2/c1-14(16-8-17(24(27,28)29)10-18(9-16)25(30,31)32)37-22-13-35(23(36)21-11-33-6-7-34-21)12-20(22)15-2-4-19(26)5-3-15/h2-11,14,20,22H,12-13H2,1H3. The van der Waals surface area contributed by atoms with Gasteiger partial charge in [-0.15, -0.1) is 0 Å². The first-order valence-corrected chi connectivity index (χ1v) is 11.1. The summed E-state index contributed by atoms with van der Waals surface area (Å²) in [7, 11) is 0. The monoisotopic (exact) mass is 527 g/mol. The molecule has 0 aliphatic carbocycles. The summed E-state index contributed by atoms with van der Waals surface area (Å²) < 4.78 is 99.5. The third-order valence-corrected chi connectivity index (χ3v) is 6.09. The lowest BCUT2D eigenvalue weighted by atomic mass is 9.95. The Morgan fingerprint density at radius 1 is 0.973 bits per heavy atom. The van der Waals surface area contributed by atoms with Crippen molar-refractivity contribution in [3.63, 3.8) is 0 Å². The molecule has 1 fully saturated rings. The Hall–Kier alpha value is -3.54. The highest BCUT2D eigenvalue weighted by Gasteiger charge is 2.40. The van der Waals surface area contributed by atoms with Crippen LogP contribution in [-0.4, -0.2) is 40.0 Å². The minimum Gasteiger partial charge on any atom is -0.368 e. The number of hydrogen-bond acceptors (Lipinski definition) is 4. The van der Waals surface area contributed by atoms with Crippen LogP contribution in [-0.2, 0) is 17.1 Å². The van der Waals surface area contributed by atoms with E-state index < -0.39 is 53.3 Å². The Kier molecular flexibility index (Phi) is 7.22. The molecule has 1 amide bonds. The summed E-state index contributed by atoms with van der Waals surface area (Å²) in [6.45, 7) is 1.42. The van der Waals surface area contributed by atoms with Gasteiger partial charge in [-0.05, 0) is 48.4 Å². The zero-order valence-electron chi connectivity index (χ0n) is 19.2. The van der Waals surface area contributed by atoms with Gasteiger partial charge < -0.3 is 9.64 Å². The van der Waals surface area contributed by atoms with Gasteiger partial charge in [0.2, 0.25) is 0 Å². The number of aromatic nitrogens is 2. The largest absolute Gasteiger partial charge is 0.416 e. The van der Waals surface area contributed by atoms with Crippen LogP contribution >= 0.6 is 0 Å². The van der Waals surface area contributed by atoms with Crippen molar-refractivity contribution in [1.29, 1.82) is 0 Å². The predicted octanol–water partition coefficient (Wildman–Crippen LogP) is 6.04. The number of rotatable bonds is 5. The van der Waals surface area contributed by atoms with Crippen LogP contribution in [0.4, 0.5) is 30.7 Å². The molecule has 1 saturated heterocycles. The van der Waals surface area contributed by atoms with Crippen molar-refractivity contribution in [3.05, 3.63) is 94.8 Å².